The van der Waals surface area contributed by atoms with Gasteiger partial charge in [-0.3, -0.25) is 0 Å². The molecule has 104 valence electrons. The Balaban J connectivity index is 1.62. The molecule has 4 atom stereocenters. The molecule has 0 aromatic heterocycles. The van der Waals surface area contributed by atoms with Crippen molar-refractivity contribution in [1.29, 1.82) is 0 Å². The Hall–Kier alpha value is -0.130. The quantitative estimate of drug-likeness (QED) is 0.847. The molecule has 4 unspecified atom stereocenters. The number of rotatable bonds is 4. The summed E-state index contributed by atoms with van der Waals surface area (Å²) in [5, 5.41) is 0. The van der Waals surface area contributed by atoms with Gasteiger partial charge >= 0.3 is 0 Å². The Morgan fingerprint density at radius 1 is 1.17 bits per heavy atom. The van der Waals surface area contributed by atoms with E-state index in [1.165, 1.54) is 25.7 Å². The smallest absolute Gasteiger partial charge is 0.199 e. The Morgan fingerprint density at radius 2 is 1.89 bits per heavy atom. The van der Waals surface area contributed by atoms with Gasteiger partial charge in [0, 0.05) is 19.1 Å². The number of hydrogen-bond acceptors (Lipinski definition) is 2. The summed E-state index contributed by atoms with van der Waals surface area (Å²) in [6.07, 6.45) is 7.25. The zero-order valence-corrected chi connectivity index (χ0v) is 12.0. The van der Waals surface area contributed by atoms with E-state index in [-0.39, 0.29) is 6.04 Å². The van der Waals surface area contributed by atoms with Gasteiger partial charge in [-0.25, -0.2) is 0 Å². The molecule has 3 rings (SSSR count). The SMILES string of the molecule is CC(NS(=O)(=O)N1CCCC1)C1CC2CCC1C2. The molecule has 1 aliphatic heterocycles. The third kappa shape index (κ3) is 2.32. The van der Waals surface area contributed by atoms with Crippen LogP contribution in [-0.4, -0.2) is 31.9 Å². The van der Waals surface area contributed by atoms with E-state index in [0.29, 0.717) is 19.0 Å². The number of hydrogen-bond donors (Lipinski definition) is 1. The maximum Gasteiger partial charge on any atom is 0.279 e. The molecule has 5 heteroatoms. The molecule has 0 radical (unpaired) electrons. The lowest BCUT2D eigenvalue weighted by atomic mass is 9.84. The summed E-state index contributed by atoms with van der Waals surface area (Å²) in [7, 11) is -3.23. The second-order valence-corrected chi connectivity index (χ2v) is 8.06. The second-order valence-electron chi connectivity index (χ2n) is 6.36. The predicted molar refractivity (Wildman–Crippen MR) is 71.3 cm³/mol. The first-order valence-corrected chi connectivity index (χ1v) is 8.77. The minimum atomic E-state index is -3.23. The maximum absolute atomic E-state index is 12.2. The van der Waals surface area contributed by atoms with Crippen molar-refractivity contribution in [2.75, 3.05) is 13.1 Å². The highest BCUT2D eigenvalue weighted by Crippen LogP contribution is 2.49. The third-order valence-corrected chi connectivity index (χ3v) is 6.89. The molecule has 2 bridgehead atoms. The van der Waals surface area contributed by atoms with Crippen LogP contribution in [0.3, 0.4) is 0 Å². The Morgan fingerprint density at radius 3 is 2.44 bits per heavy atom. The molecule has 3 aliphatic rings. The van der Waals surface area contributed by atoms with E-state index in [2.05, 4.69) is 11.6 Å². The van der Waals surface area contributed by atoms with E-state index in [1.54, 1.807) is 4.31 Å². The van der Waals surface area contributed by atoms with Crippen LogP contribution in [0.4, 0.5) is 0 Å². The summed E-state index contributed by atoms with van der Waals surface area (Å²) in [6, 6.07) is 0.103. The Bertz CT molecular complexity index is 403. The highest BCUT2D eigenvalue weighted by molar-refractivity contribution is 7.87. The summed E-state index contributed by atoms with van der Waals surface area (Å²) in [5.41, 5.74) is 0. The topological polar surface area (TPSA) is 49.4 Å². The summed E-state index contributed by atoms with van der Waals surface area (Å²) >= 11 is 0. The fourth-order valence-corrected chi connectivity index (χ4v) is 5.76. The summed E-state index contributed by atoms with van der Waals surface area (Å²) in [5.74, 6) is 2.21. The van der Waals surface area contributed by atoms with Crippen molar-refractivity contribution in [1.82, 2.24) is 9.03 Å². The predicted octanol–water partition coefficient (Wildman–Crippen LogP) is 1.74. The van der Waals surface area contributed by atoms with Crippen LogP contribution in [0.25, 0.3) is 0 Å². The van der Waals surface area contributed by atoms with Crippen LogP contribution in [0, 0.1) is 17.8 Å². The van der Waals surface area contributed by atoms with Crippen LogP contribution >= 0.6 is 0 Å². The number of nitrogens with zero attached hydrogens (tertiary/aromatic N) is 1. The first kappa shape index (κ1) is 12.9. The highest BCUT2D eigenvalue weighted by Gasteiger charge is 2.43. The molecular weight excluding hydrogens is 248 g/mol. The molecule has 0 spiro atoms. The lowest BCUT2D eigenvalue weighted by Crippen LogP contribution is -2.46. The number of fused-ring (bicyclic) bond motifs is 2. The van der Waals surface area contributed by atoms with Crippen LogP contribution in [0.2, 0.25) is 0 Å². The molecule has 0 aromatic carbocycles. The Labute approximate surface area is 110 Å². The van der Waals surface area contributed by atoms with Gasteiger partial charge in [0.25, 0.3) is 10.2 Å². The molecule has 1 saturated heterocycles. The average Bonchev–Trinajstić information content (AvgIpc) is 3.05. The van der Waals surface area contributed by atoms with Gasteiger partial charge in [-0.15, -0.1) is 0 Å². The minimum absolute atomic E-state index is 0.103. The van der Waals surface area contributed by atoms with Crippen LogP contribution in [0.5, 0.6) is 0 Å². The van der Waals surface area contributed by atoms with Crippen molar-refractivity contribution in [2.45, 2.75) is 51.5 Å². The summed E-state index contributed by atoms with van der Waals surface area (Å²) in [4.78, 5) is 0. The van der Waals surface area contributed by atoms with Gasteiger partial charge in [-0.05, 0) is 56.8 Å². The Kier molecular flexibility index (Phi) is 3.41. The van der Waals surface area contributed by atoms with Crippen molar-refractivity contribution >= 4 is 10.2 Å². The van der Waals surface area contributed by atoms with Gasteiger partial charge in [-0.2, -0.15) is 17.4 Å². The van der Waals surface area contributed by atoms with E-state index >= 15 is 0 Å². The molecule has 0 aromatic rings. The third-order valence-electron chi connectivity index (χ3n) is 5.17. The van der Waals surface area contributed by atoms with Gasteiger partial charge in [0.15, 0.2) is 0 Å². The summed E-state index contributed by atoms with van der Waals surface area (Å²) in [6.45, 7) is 3.44. The van der Waals surface area contributed by atoms with Gasteiger partial charge < -0.3 is 0 Å². The zero-order chi connectivity index (χ0) is 12.8. The van der Waals surface area contributed by atoms with E-state index in [1.807, 2.05) is 0 Å². The minimum Gasteiger partial charge on any atom is -0.199 e. The molecule has 18 heavy (non-hydrogen) atoms. The van der Waals surface area contributed by atoms with Gasteiger partial charge in [0.05, 0.1) is 0 Å². The molecule has 2 aliphatic carbocycles. The highest BCUT2D eigenvalue weighted by atomic mass is 32.2. The lowest BCUT2D eigenvalue weighted by Gasteiger charge is -2.29. The van der Waals surface area contributed by atoms with E-state index in [0.717, 1.165) is 24.7 Å². The van der Waals surface area contributed by atoms with Crippen molar-refractivity contribution in [3.05, 3.63) is 0 Å². The van der Waals surface area contributed by atoms with E-state index in [4.69, 9.17) is 0 Å². The van der Waals surface area contributed by atoms with Crippen LogP contribution in [-0.2, 0) is 10.2 Å². The average molecular weight is 272 g/mol. The monoisotopic (exact) mass is 272 g/mol. The van der Waals surface area contributed by atoms with Crippen molar-refractivity contribution in [2.24, 2.45) is 17.8 Å². The molecule has 2 saturated carbocycles. The molecule has 0 amide bonds. The van der Waals surface area contributed by atoms with Gasteiger partial charge in [-0.1, -0.05) is 6.42 Å². The molecule has 1 heterocycles. The maximum atomic E-state index is 12.2. The second kappa shape index (κ2) is 4.76. The zero-order valence-electron chi connectivity index (χ0n) is 11.1. The van der Waals surface area contributed by atoms with Crippen molar-refractivity contribution < 1.29 is 8.42 Å². The van der Waals surface area contributed by atoms with Crippen LogP contribution in [0.1, 0.15) is 45.4 Å². The van der Waals surface area contributed by atoms with Gasteiger partial charge in [0.1, 0.15) is 0 Å². The molecular formula is C13H24N2O2S. The van der Waals surface area contributed by atoms with Gasteiger partial charge in [0.2, 0.25) is 0 Å². The normalized spacial score (nSPS) is 38.4. The fraction of sp³-hybridized carbons (Fsp3) is 1.00. The lowest BCUT2D eigenvalue weighted by molar-refractivity contribution is 0.277. The molecule has 1 N–H and O–H groups in total. The first-order valence-electron chi connectivity index (χ1n) is 7.33. The van der Waals surface area contributed by atoms with Crippen molar-refractivity contribution in [3.8, 4) is 0 Å². The van der Waals surface area contributed by atoms with E-state index in [9.17, 15) is 8.42 Å². The molecule has 3 fully saturated rings. The fourth-order valence-electron chi connectivity index (χ4n) is 4.23. The van der Waals surface area contributed by atoms with Crippen molar-refractivity contribution in [3.63, 3.8) is 0 Å². The standard InChI is InChI=1S/C13H24N2O2S/c1-10(13-9-11-4-5-12(13)8-11)14-18(16,17)15-6-2-3-7-15/h10-14H,2-9H2,1H3. The number of nitrogens with one attached hydrogen (secondary N) is 1. The summed E-state index contributed by atoms with van der Waals surface area (Å²) < 4.78 is 29.0. The largest absolute Gasteiger partial charge is 0.279 e. The first-order chi connectivity index (χ1) is 8.56. The molecule has 4 nitrogen and oxygen atoms in total. The van der Waals surface area contributed by atoms with Crippen LogP contribution < -0.4 is 4.72 Å². The van der Waals surface area contributed by atoms with E-state index < -0.39 is 10.2 Å². The van der Waals surface area contributed by atoms with Crippen LogP contribution in [0.15, 0.2) is 0 Å².